The van der Waals surface area contributed by atoms with Gasteiger partial charge in [0.15, 0.2) is 0 Å². The van der Waals surface area contributed by atoms with Crippen LogP contribution in [0.3, 0.4) is 0 Å². The van der Waals surface area contributed by atoms with Gasteiger partial charge in [0.25, 0.3) is 0 Å². The highest BCUT2D eigenvalue weighted by atomic mass is 16.5. The Kier molecular flexibility index (Phi) is 5.43. The van der Waals surface area contributed by atoms with Crippen LogP contribution < -0.4 is 11.2 Å². The summed E-state index contributed by atoms with van der Waals surface area (Å²) in [6.07, 6.45) is 8.12. The quantitative estimate of drug-likeness (QED) is 0.821. The van der Waals surface area contributed by atoms with E-state index in [0.717, 1.165) is 49.6 Å². The Morgan fingerprint density at radius 2 is 2.04 bits per heavy atom. The Morgan fingerprint density at radius 1 is 1.15 bits per heavy atom. The van der Waals surface area contributed by atoms with E-state index in [9.17, 15) is 0 Å². The zero-order valence-corrected chi connectivity index (χ0v) is 16.4. The van der Waals surface area contributed by atoms with Crippen LogP contribution >= 0.6 is 0 Å². The molecule has 0 amide bonds. The molecular formula is C24H30BNO. The molecule has 2 radical (unpaired) electrons. The van der Waals surface area contributed by atoms with Crippen molar-refractivity contribution >= 4 is 13.3 Å². The Morgan fingerprint density at radius 3 is 2.81 bits per heavy atom. The molecule has 0 spiro atoms. The summed E-state index contributed by atoms with van der Waals surface area (Å²) in [5.41, 5.74) is 13.0. The second kappa shape index (κ2) is 7.81. The predicted octanol–water partition coefficient (Wildman–Crippen LogP) is 3.93. The largest absolute Gasteiger partial charge is 0.373 e. The van der Waals surface area contributed by atoms with Gasteiger partial charge in [0.1, 0.15) is 7.85 Å². The molecule has 0 aliphatic heterocycles. The fourth-order valence-electron chi connectivity index (χ4n) is 4.80. The van der Waals surface area contributed by atoms with Gasteiger partial charge < -0.3 is 10.5 Å². The van der Waals surface area contributed by atoms with Crippen molar-refractivity contribution in [3.8, 4) is 0 Å². The lowest BCUT2D eigenvalue weighted by Gasteiger charge is -2.26. The standard InChI is InChI=1S/C24H30BNO/c1-2-24(26)11-10-21(15-24)19-6-7-20-14-23(9-8-18(20)13-19)27-16-17-4-3-5-22(25)12-17/h3-7,12-13,21,23H,2,8-11,14-16,26H2,1H3/t21-,23-,24+/m0/s1. The van der Waals surface area contributed by atoms with Gasteiger partial charge in [0.05, 0.1) is 12.7 Å². The summed E-state index contributed by atoms with van der Waals surface area (Å²) in [5.74, 6) is 0.637. The molecule has 2 aromatic rings. The number of hydrogen-bond donors (Lipinski definition) is 1. The molecule has 2 aliphatic rings. The molecular weight excluding hydrogens is 329 g/mol. The van der Waals surface area contributed by atoms with Gasteiger partial charge in [-0.3, -0.25) is 0 Å². The number of hydrogen-bond acceptors (Lipinski definition) is 2. The third kappa shape index (κ3) is 4.30. The minimum atomic E-state index is 0.0559. The van der Waals surface area contributed by atoms with Crippen LogP contribution in [-0.4, -0.2) is 19.5 Å². The number of rotatable bonds is 5. The molecule has 3 atom stereocenters. The molecule has 4 rings (SSSR count). The molecule has 0 saturated heterocycles. The number of ether oxygens (including phenoxy) is 1. The highest BCUT2D eigenvalue weighted by Gasteiger charge is 2.35. The minimum absolute atomic E-state index is 0.0559. The second-order valence-corrected chi connectivity index (χ2v) is 8.60. The molecule has 0 bridgehead atoms. The van der Waals surface area contributed by atoms with Gasteiger partial charge >= 0.3 is 0 Å². The van der Waals surface area contributed by atoms with Gasteiger partial charge in [0.2, 0.25) is 0 Å². The molecule has 0 unspecified atom stereocenters. The SMILES string of the molecule is [B]c1cccc(CO[C@H]2CCc3cc([C@H]4CC[C@](N)(CC)C4)ccc3C2)c1. The van der Waals surface area contributed by atoms with Gasteiger partial charge in [-0.05, 0) is 73.1 Å². The van der Waals surface area contributed by atoms with Crippen molar-refractivity contribution in [1.29, 1.82) is 0 Å². The fourth-order valence-corrected chi connectivity index (χ4v) is 4.80. The van der Waals surface area contributed by atoms with E-state index in [1.165, 1.54) is 23.1 Å². The Labute approximate surface area is 164 Å². The fraction of sp³-hybridized carbons (Fsp3) is 0.500. The zero-order valence-electron chi connectivity index (χ0n) is 16.4. The van der Waals surface area contributed by atoms with Crippen LogP contribution in [0.2, 0.25) is 0 Å². The van der Waals surface area contributed by atoms with Crippen LogP contribution in [-0.2, 0) is 24.2 Å². The predicted molar refractivity (Wildman–Crippen MR) is 113 cm³/mol. The summed E-state index contributed by atoms with van der Waals surface area (Å²) < 4.78 is 6.18. The van der Waals surface area contributed by atoms with Crippen molar-refractivity contribution in [3.05, 3.63) is 64.7 Å². The van der Waals surface area contributed by atoms with E-state index in [1.807, 2.05) is 18.2 Å². The van der Waals surface area contributed by atoms with Crippen molar-refractivity contribution in [1.82, 2.24) is 0 Å². The maximum absolute atomic E-state index is 6.51. The van der Waals surface area contributed by atoms with E-state index in [0.29, 0.717) is 18.6 Å². The molecule has 2 nitrogen and oxygen atoms in total. The molecule has 0 aromatic heterocycles. The maximum Gasteiger partial charge on any atom is 0.113 e. The van der Waals surface area contributed by atoms with Crippen LogP contribution in [0.15, 0.2) is 42.5 Å². The topological polar surface area (TPSA) is 35.2 Å². The van der Waals surface area contributed by atoms with E-state index in [-0.39, 0.29) is 5.54 Å². The molecule has 1 saturated carbocycles. The Balaban J connectivity index is 1.38. The molecule has 2 aliphatic carbocycles. The average Bonchev–Trinajstić information content (AvgIpc) is 3.09. The summed E-state index contributed by atoms with van der Waals surface area (Å²) in [4.78, 5) is 0. The smallest absolute Gasteiger partial charge is 0.113 e. The molecule has 2 N–H and O–H groups in total. The molecule has 0 heterocycles. The van der Waals surface area contributed by atoms with Gasteiger partial charge in [-0.25, -0.2) is 0 Å². The maximum atomic E-state index is 6.51. The van der Waals surface area contributed by atoms with Crippen molar-refractivity contribution in [2.24, 2.45) is 5.73 Å². The highest BCUT2D eigenvalue weighted by molar-refractivity contribution is 6.32. The van der Waals surface area contributed by atoms with Gasteiger partial charge in [-0.15, -0.1) is 0 Å². The first-order valence-electron chi connectivity index (χ1n) is 10.4. The summed E-state index contributed by atoms with van der Waals surface area (Å²) in [5, 5.41) is 0. The van der Waals surface area contributed by atoms with Crippen LogP contribution in [0.5, 0.6) is 0 Å². The second-order valence-electron chi connectivity index (χ2n) is 8.60. The first-order chi connectivity index (χ1) is 13.0. The number of aryl methyl sites for hydroxylation is 1. The molecule has 27 heavy (non-hydrogen) atoms. The molecule has 3 heteroatoms. The highest BCUT2D eigenvalue weighted by Crippen LogP contribution is 2.42. The number of benzene rings is 2. The normalized spacial score (nSPS) is 27.5. The van der Waals surface area contributed by atoms with Crippen molar-refractivity contribution < 1.29 is 4.74 Å². The third-order valence-corrected chi connectivity index (χ3v) is 6.67. The lowest BCUT2D eigenvalue weighted by atomic mass is 9.85. The molecule has 1 fully saturated rings. The van der Waals surface area contributed by atoms with Crippen LogP contribution in [0.1, 0.15) is 67.2 Å². The van der Waals surface area contributed by atoms with E-state index in [1.54, 1.807) is 0 Å². The van der Waals surface area contributed by atoms with E-state index in [2.05, 4.69) is 31.2 Å². The van der Waals surface area contributed by atoms with Gasteiger partial charge in [0, 0.05) is 5.54 Å². The van der Waals surface area contributed by atoms with Crippen molar-refractivity contribution in [3.63, 3.8) is 0 Å². The van der Waals surface area contributed by atoms with E-state index < -0.39 is 0 Å². The minimum Gasteiger partial charge on any atom is -0.373 e. The van der Waals surface area contributed by atoms with E-state index in [4.69, 9.17) is 18.3 Å². The third-order valence-electron chi connectivity index (χ3n) is 6.67. The lowest BCUT2D eigenvalue weighted by molar-refractivity contribution is 0.0319. The molecule has 140 valence electrons. The summed E-state index contributed by atoms with van der Waals surface area (Å²) in [6.45, 7) is 2.86. The first kappa shape index (κ1) is 18.8. The number of nitrogens with two attached hydrogens (primary N) is 1. The van der Waals surface area contributed by atoms with Gasteiger partial charge in [-0.2, -0.15) is 0 Å². The van der Waals surface area contributed by atoms with Crippen molar-refractivity contribution in [2.75, 3.05) is 0 Å². The zero-order chi connectivity index (χ0) is 18.9. The summed E-state index contributed by atoms with van der Waals surface area (Å²) >= 11 is 0. The van der Waals surface area contributed by atoms with Crippen LogP contribution in [0.25, 0.3) is 0 Å². The van der Waals surface area contributed by atoms with Crippen molar-refractivity contribution in [2.45, 2.75) is 76.0 Å². The average molecular weight is 359 g/mol. The van der Waals surface area contributed by atoms with Crippen LogP contribution in [0.4, 0.5) is 0 Å². The summed E-state index contributed by atoms with van der Waals surface area (Å²) in [6, 6.07) is 15.1. The van der Waals surface area contributed by atoms with Crippen LogP contribution in [0, 0.1) is 0 Å². The first-order valence-corrected chi connectivity index (χ1v) is 10.4. The Bertz CT molecular complexity index is 805. The monoisotopic (exact) mass is 359 g/mol. The lowest BCUT2D eigenvalue weighted by Crippen LogP contribution is -2.35. The Hall–Kier alpha value is -1.58. The summed E-state index contributed by atoms with van der Waals surface area (Å²) in [7, 11) is 5.86. The molecule has 2 aromatic carbocycles. The van der Waals surface area contributed by atoms with Gasteiger partial charge in [-0.1, -0.05) is 54.9 Å². The number of fused-ring (bicyclic) bond motifs is 1. The van der Waals surface area contributed by atoms with E-state index >= 15 is 0 Å².